The van der Waals surface area contributed by atoms with E-state index in [4.69, 9.17) is 27.9 Å². The summed E-state index contributed by atoms with van der Waals surface area (Å²) >= 11 is 12.4. The SMILES string of the molecule is COCCC1(Cn2c(C(C)Cl)nc3cc(Cl)ccc32)CC1. The summed E-state index contributed by atoms with van der Waals surface area (Å²) in [4.78, 5) is 4.68. The van der Waals surface area contributed by atoms with E-state index in [0.29, 0.717) is 10.4 Å². The van der Waals surface area contributed by atoms with Gasteiger partial charge in [-0.25, -0.2) is 4.98 Å². The minimum Gasteiger partial charge on any atom is -0.385 e. The Bertz CT molecular complexity index is 647. The van der Waals surface area contributed by atoms with Crippen LogP contribution < -0.4 is 0 Å². The molecule has 1 aromatic heterocycles. The zero-order valence-electron chi connectivity index (χ0n) is 12.4. The molecule has 0 bridgehead atoms. The Morgan fingerprint density at radius 3 is 2.81 bits per heavy atom. The lowest BCUT2D eigenvalue weighted by atomic mass is 10.0. The van der Waals surface area contributed by atoms with Crippen LogP contribution in [0.4, 0.5) is 0 Å². The summed E-state index contributed by atoms with van der Waals surface area (Å²) in [7, 11) is 1.76. The van der Waals surface area contributed by atoms with E-state index < -0.39 is 0 Å². The third-order valence-electron chi connectivity index (χ3n) is 4.38. The minimum absolute atomic E-state index is 0.116. The van der Waals surface area contributed by atoms with Crippen molar-refractivity contribution in [3.63, 3.8) is 0 Å². The Balaban J connectivity index is 1.98. The van der Waals surface area contributed by atoms with Crippen LogP contribution in [0.25, 0.3) is 11.0 Å². The van der Waals surface area contributed by atoms with Crippen LogP contribution >= 0.6 is 23.2 Å². The Labute approximate surface area is 135 Å². The van der Waals surface area contributed by atoms with Crippen LogP contribution in [0.5, 0.6) is 0 Å². The third kappa shape index (κ3) is 3.05. The van der Waals surface area contributed by atoms with Gasteiger partial charge >= 0.3 is 0 Å². The average molecular weight is 327 g/mol. The summed E-state index contributed by atoms with van der Waals surface area (Å²) in [5, 5.41) is 0.593. The van der Waals surface area contributed by atoms with Crippen LogP contribution in [0.3, 0.4) is 0 Å². The first kappa shape index (κ1) is 15.1. The van der Waals surface area contributed by atoms with Gasteiger partial charge in [-0.3, -0.25) is 0 Å². The van der Waals surface area contributed by atoms with Crippen molar-refractivity contribution in [3.05, 3.63) is 29.0 Å². The molecule has 1 fully saturated rings. The van der Waals surface area contributed by atoms with E-state index >= 15 is 0 Å². The van der Waals surface area contributed by atoms with Crippen molar-refractivity contribution < 1.29 is 4.74 Å². The number of rotatable bonds is 6. The maximum Gasteiger partial charge on any atom is 0.127 e. The molecule has 1 saturated carbocycles. The van der Waals surface area contributed by atoms with Crippen LogP contribution in [0.15, 0.2) is 18.2 Å². The topological polar surface area (TPSA) is 27.1 Å². The molecule has 3 nitrogen and oxygen atoms in total. The Hall–Kier alpha value is -0.770. The van der Waals surface area contributed by atoms with E-state index in [2.05, 4.69) is 9.55 Å². The fourth-order valence-electron chi connectivity index (χ4n) is 2.91. The second-order valence-corrected chi connectivity index (χ2v) is 7.14. The zero-order valence-corrected chi connectivity index (χ0v) is 13.9. The summed E-state index contributed by atoms with van der Waals surface area (Å²) in [6, 6.07) is 5.87. The summed E-state index contributed by atoms with van der Waals surface area (Å²) in [5.41, 5.74) is 2.39. The highest BCUT2D eigenvalue weighted by Crippen LogP contribution is 2.51. The van der Waals surface area contributed by atoms with E-state index in [1.807, 2.05) is 25.1 Å². The zero-order chi connectivity index (χ0) is 15.0. The van der Waals surface area contributed by atoms with Crippen molar-refractivity contribution in [2.45, 2.75) is 38.1 Å². The molecule has 5 heteroatoms. The van der Waals surface area contributed by atoms with Crippen molar-refractivity contribution in [1.29, 1.82) is 0 Å². The van der Waals surface area contributed by atoms with Crippen molar-refractivity contribution >= 4 is 34.2 Å². The highest BCUT2D eigenvalue weighted by atomic mass is 35.5. The second-order valence-electron chi connectivity index (χ2n) is 6.05. The van der Waals surface area contributed by atoms with Gasteiger partial charge in [0.2, 0.25) is 0 Å². The molecule has 3 rings (SSSR count). The fraction of sp³-hybridized carbons (Fsp3) is 0.562. The molecule has 1 aromatic carbocycles. The Morgan fingerprint density at radius 2 is 2.19 bits per heavy atom. The molecule has 0 amide bonds. The maximum absolute atomic E-state index is 6.33. The normalized spacial score (nSPS) is 18.1. The van der Waals surface area contributed by atoms with Crippen molar-refractivity contribution in [3.8, 4) is 0 Å². The van der Waals surface area contributed by atoms with E-state index in [-0.39, 0.29) is 5.38 Å². The molecule has 1 aliphatic carbocycles. The van der Waals surface area contributed by atoms with Crippen LogP contribution in [0.1, 0.15) is 37.4 Å². The van der Waals surface area contributed by atoms with Crippen molar-refractivity contribution in [2.24, 2.45) is 5.41 Å². The van der Waals surface area contributed by atoms with Gasteiger partial charge in [-0.15, -0.1) is 11.6 Å². The number of ether oxygens (including phenoxy) is 1. The van der Waals surface area contributed by atoms with Gasteiger partial charge in [0.05, 0.1) is 16.4 Å². The van der Waals surface area contributed by atoms with E-state index in [9.17, 15) is 0 Å². The minimum atomic E-state index is -0.116. The Kier molecular flexibility index (Phi) is 4.17. The third-order valence-corrected chi connectivity index (χ3v) is 4.81. The van der Waals surface area contributed by atoms with Gasteiger partial charge in [-0.2, -0.15) is 0 Å². The molecule has 1 aliphatic rings. The standard InChI is InChI=1S/C16H20Cl2N2O/c1-11(17)15-19-13-9-12(18)3-4-14(13)20(15)10-16(5-6-16)7-8-21-2/h3-4,9,11H,5-8,10H2,1-2H3. The van der Waals surface area contributed by atoms with Gasteiger partial charge in [0.15, 0.2) is 0 Å². The van der Waals surface area contributed by atoms with Gasteiger partial charge < -0.3 is 9.30 Å². The number of fused-ring (bicyclic) bond motifs is 1. The molecule has 21 heavy (non-hydrogen) atoms. The predicted octanol–water partition coefficient (Wildman–Crippen LogP) is 4.81. The number of benzene rings is 1. The van der Waals surface area contributed by atoms with Gasteiger partial charge in [0.25, 0.3) is 0 Å². The van der Waals surface area contributed by atoms with Crippen molar-refractivity contribution in [1.82, 2.24) is 9.55 Å². The Morgan fingerprint density at radius 1 is 1.43 bits per heavy atom. The highest BCUT2D eigenvalue weighted by molar-refractivity contribution is 6.31. The molecule has 0 radical (unpaired) electrons. The van der Waals surface area contributed by atoms with Gasteiger partial charge in [0, 0.05) is 25.3 Å². The lowest BCUT2D eigenvalue weighted by Crippen LogP contribution is -2.16. The number of hydrogen-bond acceptors (Lipinski definition) is 2. The molecular formula is C16H20Cl2N2O. The highest BCUT2D eigenvalue weighted by Gasteiger charge is 2.43. The number of methoxy groups -OCH3 is 1. The first-order valence-electron chi connectivity index (χ1n) is 7.33. The number of alkyl halides is 1. The maximum atomic E-state index is 6.33. The molecule has 1 unspecified atom stereocenters. The molecular weight excluding hydrogens is 307 g/mol. The summed E-state index contributed by atoms with van der Waals surface area (Å²) in [6.45, 7) is 3.74. The molecule has 2 aromatic rings. The molecule has 1 heterocycles. The molecule has 0 aliphatic heterocycles. The number of imidazole rings is 1. The largest absolute Gasteiger partial charge is 0.385 e. The summed E-state index contributed by atoms with van der Waals surface area (Å²) in [6.07, 6.45) is 3.59. The lowest BCUT2D eigenvalue weighted by molar-refractivity contribution is 0.167. The first-order chi connectivity index (χ1) is 10.0. The first-order valence-corrected chi connectivity index (χ1v) is 8.15. The van der Waals surface area contributed by atoms with E-state index in [0.717, 1.165) is 36.4 Å². The summed E-state index contributed by atoms with van der Waals surface area (Å²) < 4.78 is 7.52. The molecule has 114 valence electrons. The van der Waals surface area contributed by atoms with Crippen molar-refractivity contribution in [2.75, 3.05) is 13.7 Å². The summed E-state index contributed by atoms with van der Waals surface area (Å²) in [5.74, 6) is 0.928. The molecule has 0 N–H and O–H groups in total. The van der Waals surface area contributed by atoms with Crippen LogP contribution in [0, 0.1) is 5.41 Å². The van der Waals surface area contributed by atoms with Gasteiger partial charge in [0.1, 0.15) is 5.82 Å². The van der Waals surface area contributed by atoms with Crippen LogP contribution in [0.2, 0.25) is 5.02 Å². The number of hydrogen-bond donors (Lipinski definition) is 0. The molecule has 0 spiro atoms. The molecule has 1 atom stereocenters. The quantitative estimate of drug-likeness (QED) is 0.712. The molecule has 0 saturated heterocycles. The predicted molar refractivity (Wildman–Crippen MR) is 87.2 cm³/mol. The second kappa shape index (κ2) is 5.79. The van der Waals surface area contributed by atoms with Gasteiger partial charge in [-0.05, 0) is 49.8 Å². The smallest absolute Gasteiger partial charge is 0.127 e. The van der Waals surface area contributed by atoms with Crippen LogP contribution in [-0.2, 0) is 11.3 Å². The van der Waals surface area contributed by atoms with E-state index in [1.54, 1.807) is 7.11 Å². The van der Waals surface area contributed by atoms with Crippen LogP contribution in [-0.4, -0.2) is 23.3 Å². The number of aromatic nitrogens is 2. The fourth-order valence-corrected chi connectivity index (χ4v) is 3.24. The number of halogens is 2. The monoisotopic (exact) mass is 326 g/mol. The number of nitrogens with zero attached hydrogens (tertiary/aromatic N) is 2. The van der Waals surface area contributed by atoms with E-state index in [1.165, 1.54) is 12.8 Å². The van der Waals surface area contributed by atoms with Gasteiger partial charge in [-0.1, -0.05) is 11.6 Å². The average Bonchev–Trinajstić information content (AvgIpc) is 3.12. The lowest BCUT2D eigenvalue weighted by Gasteiger charge is -2.18.